The molecule has 0 aromatic carbocycles. The molecule has 2 aliphatic carbocycles. The molecule has 4 aliphatic rings. The van der Waals surface area contributed by atoms with E-state index in [1.165, 1.54) is 49.1 Å². The summed E-state index contributed by atoms with van der Waals surface area (Å²) < 4.78 is 2.13. The Morgan fingerprint density at radius 1 is 1.14 bits per heavy atom. The van der Waals surface area contributed by atoms with Gasteiger partial charge in [0.1, 0.15) is 11.6 Å². The lowest BCUT2D eigenvalue weighted by atomic mass is 9.77. The lowest BCUT2D eigenvalue weighted by Crippen LogP contribution is -2.51. The molecule has 1 spiro atoms. The Morgan fingerprint density at radius 3 is 2.46 bits per heavy atom. The van der Waals surface area contributed by atoms with Crippen LogP contribution in [0.5, 0.6) is 0 Å². The van der Waals surface area contributed by atoms with E-state index < -0.39 is 0 Å². The van der Waals surface area contributed by atoms with Crippen LogP contribution in [0.25, 0.3) is 0 Å². The van der Waals surface area contributed by atoms with Gasteiger partial charge in [-0.05, 0) is 45.1 Å². The second-order valence-corrected chi connectivity index (χ2v) is 9.87. The molecule has 6 rings (SSSR count). The first-order valence-electron chi connectivity index (χ1n) is 12.1. The van der Waals surface area contributed by atoms with Crippen LogP contribution in [0.2, 0.25) is 0 Å². The van der Waals surface area contributed by atoms with Gasteiger partial charge in [0.2, 0.25) is 0 Å². The zero-order valence-corrected chi connectivity index (χ0v) is 20.1. The largest absolute Gasteiger partial charge is 0.483 e. The molecule has 1 atom stereocenters. The fourth-order valence-corrected chi connectivity index (χ4v) is 5.58. The van der Waals surface area contributed by atoms with Gasteiger partial charge in [-0.15, -0.1) is 0 Å². The van der Waals surface area contributed by atoms with Crippen molar-refractivity contribution in [1.29, 1.82) is 0 Å². The van der Waals surface area contributed by atoms with Gasteiger partial charge in [0.15, 0.2) is 0 Å². The fraction of sp³-hybridized carbons (Fsp3) is 0.625. The summed E-state index contributed by atoms with van der Waals surface area (Å²) >= 11 is 0. The topological polar surface area (TPSA) is 145 Å². The fourth-order valence-electron chi connectivity index (χ4n) is 5.58. The minimum atomic E-state index is -0.250. The molecule has 1 saturated carbocycles. The van der Waals surface area contributed by atoms with Gasteiger partial charge in [0, 0.05) is 56.3 Å². The quantitative estimate of drug-likeness (QED) is 0.538. The summed E-state index contributed by atoms with van der Waals surface area (Å²) in [6, 6.07) is 0. The number of fused-ring (bicyclic) bond motifs is 2. The monoisotopic (exact) mass is 486 g/mol. The summed E-state index contributed by atoms with van der Waals surface area (Å²) in [7, 11) is 2.08. The number of nitrogens with zero attached hydrogens (tertiary/aromatic N) is 6. The number of carbonyl (C=O) groups is 2. The number of piperidine rings is 1. The number of imidazole rings is 1. The molecule has 2 aliphatic heterocycles. The van der Waals surface area contributed by atoms with Crippen LogP contribution in [-0.2, 0) is 35.0 Å². The maximum absolute atomic E-state index is 9.84. The maximum atomic E-state index is 9.84. The number of hydrogen-bond donors (Lipinski definition) is 3. The Morgan fingerprint density at radius 2 is 1.86 bits per heavy atom. The summed E-state index contributed by atoms with van der Waals surface area (Å²) in [5.74, 6) is 2.74. The number of carboxylic acid groups (broad SMARTS) is 2. The molecular formula is C24H34N6O5. The van der Waals surface area contributed by atoms with Crippen molar-refractivity contribution in [2.24, 2.45) is 7.05 Å². The van der Waals surface area contributed by atoms with E-state index in [2.05, 4.69) is 26.4 Å². The highest BCUT2D eigenvalue weighted by molar-refractivity contribution is 5.56. The average molecular weight is 487 g/mol. The average Bonchev–Trinajstić information content (AvgIpc) is 3.52. The molecule has 3 N–H and O–H groups in total. The van der Waals surface area contributed by atoms with Crippen molar-refractivity contribution < 1.29 is 24.9 Å². The third-order valence-corrected chi connectivity index (χ3v) is 7.42. The molecule has 0 radical (unpaired) electrons. The molecule has 35 heavy (non-hydrogen) atoms. The van der Waals surface area contributed by atoms with Gasteiger partial charge < -0.3 is 24.8 Å². The Hall–Kier alpha value is -3.05. The number of aromatic nitrogens is 4. The van der Waals surface area contributed by atoms with Gasteiger partial charge >= 0.3 is 0 Å². The zero-order valence-electron chi connectivity index (χ0n) is 20.1. The molecule has 11 heteroatoms. The van der Waals surface area contributed by atoms with Crippen LogP contribution in [0.4, 0.5) is 5.82 Å². The number of likely N-dealkylation sites (tertiary alicyclic amines) is 1. The van der Waals surface area contributed by atoms with Crippen LogP contribution < -0.4 is 4.90 Å². The molecule has 2 aromatic heterocycles. The van der Waals surface area contributed by atoms with Crippen LogP contribution in [0.1, 0.15) is 60.8 Å². The standard InChI is InChI=1S/C22H30N6O.2CH2O2/c1-26-14-23-9-16(26)10-27-8-2-6-22(13-27)7-5-18-19(22)24-20(15-3-4-15)25-21(18)28-11-17(29)12-28;2*2-1-3/h9,14-15,17,29H,2-8,10-13H2,1H3;2*1H,(H,2,3). The minimum Gasteiger partial charge on any atom is -0.483 e. The molecule has 190 valence electrons. The highest BCUT2D eigenvalue weighted by Gasteiger charge is 2.46. The van der Waals surface area contributed by atoms with E-state index in [0.717, 1.165) is 37.7 Å². The molecule has 3 fully saturated rings. The molecular weight excluding hydrogens is 452 g/mol. The second-order valence-electron chi connectivity index (χ2n) is 9.87. The van der Waals surface area contributed by atoms with Gasteiger partial charge in [-0.25, -0.2) is 15.0 Å². The normalized spacial score (nSPS) is 23.4. The van der Waals surface area contributed by atoms with Crippen molar-refractivity contribution in [2.45, 2.75) is 62.5 Å². The lowest BCUT2D eigenvalue weighted by Gasteiger charge is -2.41. The zero-order chi connectivity index (χ0) is 25.0. The first-order valence-corrected chi connectivity index (χ1v) is 12.1. The SMILES string of the molecule is Cn1cncc1CN1CCCC2(CCc3c(N4CC(O)C4)nc(C4CC4)nc32)C1.O=CO.O=CO. The molecule has 0 amide bonds. The summed E-state index contributed by atoms with van der Waals surface area (Å²) in [6.07, 6.45) is 10.8. The van der Waals surface area contributed by atoms with E-state index in [0.29, 0.717) is 19.0 Å². The van der Waals surface area contributed by atoms with E-state index in [4.69, 9.17) is 29.8 Å². The van der Waals surface area contributed by atoms with E-state index in [-0.39, 0.29) is 24.5 Å². The summed E-state index contributed by atoms with van der Waals surface area (Å²) in [6.45, 7) is 4.11. The van der Waals surface area contributed by atoms with Gasteiger partial charge in [-0.1, -0.05) is 0 Å². The van der Waals surface area contributed by atoms with Gasteiger partial charge in [0.05, 0.1) is 23.8 Å². The Labute approximate surface area is 204 Å². The van der Waals surface area contributed by atoms with E-state index in [1.54, 1.807) is 0 Å². The predicted molar refractivity (Wildman–Crippen MR) is 127 cm³/mol. The van der Waals surface area contributed by atoms with Gasteiger partial charge in [-0.2, -0.15) is 0 Å². The van der Waals surface area contributed by atoms with Crippen LogP contribution in [0.3, 0.4) is 0 Å². The molecule has 11 nitrogen and oxygen atoms in total. The molecule has 0 bridgehead atoms. The maximum Gasteiger partial charge on any atom is 0.290 e. The molecule has 2 saturated heterocycles. The van der Waals surface area contributed by atoms with Crippen molar-refractivity contribution >= 4 is 18.8 Å². The van der Waals surface area contributed by atoms with Crippen LogP contribution in [0.15, 0.2) is 12.5 Å². The molecule has 1 unspecified atom stereocenters. The summed E-state index contributed by atoms with van der Waals surface area (Å²) in [5, 5.41) is 23.6. The predicted octanol–water partition coefficient (Wildman–Crippen LogP) is 1.15. The van der Waals surface area contributed by atoms with Crippen molar-refractivity contribution in [3.8, 4) is 0 Å². The number of anilines is 1. The third-order valence-electron chi connectivity index (χ3n) is 7.42. The number of hydrogen-bond acceptors (Lipinski definition) is 8. The van der Waals surface area contributed by atoms with Crippen molar-refractivity contribution in [3.63, 3.8) is 0 Å². The lowest BCUT2D eigenvalue weighted by molar-refractivity contribution is -0.123. The van der Waals surface area contributed by atoms with E-state index in [1.807, 2.05) is 12.5 Å². The summed E-state index contributed by atoms with van der Waals surface area (Å²) in [4.78, 5) is 36.1. The number of aryl methyl sites for hydroxylation is 1. The van der Waals surface area contributed by atoms with Crippen molar-refractivity contribution in [3.05, 3.63) is 35.3 Å². The highest BCUT2D eigenvalue weighted by Crippen LogP contribution is 2.49. The first-order chi connectivity index (χ1) is 16.9. The van der Waals surface area contributed by atoms with Crippen LogP contribution in [-0.4, -0.2) is 85.0 Å². The molecule has 2 aromatic rings. The van der Waals surface area contributed by atoms with E-state index in [9.17, 15) is 5.11 Å². The smallest absolute Gasteiger partial charge is 0.290 e. The Kier molecular flexibility index (Phi) is 7.66. The van der Waals surface area contributed by atoms with Crippen molar-refractivity contribution in [1.82, 2.24) is 24.4 Å². The third kappa shape index (κ3) is 5.30. The first kappa shape index (κ1) is 25.1. The van der Waals surface area contributed by atoms with E-state index >= 15 is 0 Å². The number of aliphatic hydroxyl groups excluding tert-OH is 1. The summed E-state index contributed by atoms with van der Waals surface area (Å²) in [5.41, 5.74) is 4.14. The molecule has 4 heterocycles. The Bertz CT molecular complexity index is 1030. The van der Waals surface area contributed by atoms with Crippen LogP contribution >= 0.6 is 0 Å². The number of β-amino-alcohol motifs (C(OH)–C–C–N with tert-alkyl or cyclic N) is 1. The number of aliphatic hydroxyl groups is 1. The Balaban J connectivity index is 0.000000440. The highest BCUT2D eigenvalue weighted by atomic mass is 16.3. The van der Waals surface area contributed by atoms with Crippen molar-refractivity contribution in [2.75, 3.05) is 31.1 Å². The van der Waals surface area contributed by atoms with Gasteiger partial charge in [-0.3, -0.25) is 14.5 Å². The number of rotatable bonds is 4. The van der Waals surface area contributed by atoms with Gasteiger partial charge in [0.25, 0.3) is 12.9 Å². The minimum absolute atomic E-state index is 0.164. The van der Waals surface area contributed by atoms with Crippen LogP contribution in [0, 0.1) is 0 Å². The second kappa shape index (κ2) is 10.7.